The summed E-state index contributed by atoms with van der Waals surface area (Å²) in [5.74, 6) is 1.82. The molecule has 3 nitrogen and oxygen atoms in total. The minimum Gasteiger partial charge on any atom is -0.348 e. The number of unbranched alkanes of at least 4 members (excludes halogenated alkanes) is 1. The van der Waals surface area contributed by atoms with Crippen LogP contribution in [0, 0.1) is 6.92 Å². The molecule has 0 unspecified atom stereocenters. The fourth-order valence-electron chi connectivity index (χ4n) is 2.27. The van der Waals surface area contributed by atoms with E-state index in [2.05, 4.69) is 21.8 Å². The molecule has 0 aromatic carbocycles. The van der Waals surface area contributed by atoms with Gasteiger partial charge in [0.1, 0.15) is 5.82 Å². The third-order valence-corrected chi connectivity index (χ3v) is 3.22. The van der Waals surface area contributed by atoms with Crippen molar-refractivity contribution in [1.29, 1.82) is 0 Å². The molecule has 15 heavy (non-hydrogen) atoms. The topological polar surface area (TPSA) is 31.9 Å². The minimum atomic E-state index is 0.649. The number of piperidine rings is 1. The summed E-state index contributed by atoms with van der Waals surface area (Å²) in [6, 6.07) is 0. The zero-order valence-corrected chi connectivity index (χ0v) is 9.28. The van der Waals surface area contributed by atoms with Crippen molar-refractivity contribution in [2.75, 3.05) is 19.6 Å². The molecule has 2 rings (SSSR count). The molecule has 1 aliphatic heterocycles. The predicted molar refractivity (Wildman–Crippen MR) is 61.6 cm³/mol. The van der Waals surface area contributed by atoms with E-state index in [9.17, 15) is 0 Å². The Hall–Kier alpha value is -0.830. The summed E-state index contributed by atoms with van der Waals surface area (Å²) in [6.07, 6.45) is 8.54. The molecule has 0 amide bonds. The lowest BCUT2D eigenvalue weighted by Crippen LogP contribution is -2.33. The van der Waals surface area contributed by atoms with Gasteiger partial charge in [0.2, 0.25) is 0 Å². The molecule has 2 heterocycles. The van der Waals surface area contributed by atoms with E-state index in [1.165, 1.54) is 44.7 Å². The Morgan fingerprint density at radius 1 is 1.47 bits per heavy atom. The van der Waals surface area contributed by atoms with Gasteiger partial charge in [-0.15, -0.1) is 0 Å². The molecule has 0 saturated carbocycles. The molecule has 1 fully saturated rings. The molecular weight excluding hydrogens is 186 g/mol. The number of hydrogen-bond acceptors (Lipinski definition) is 2. The summed E-state index contributed by atoms with van der Waals surface area (Å²) in [5.41, 5.74) is 0. The summed E-state index contributed by atoms with van der Waals surface area (Å²) in [5, 5.41) is 0. The van der Waals surface area contributed by atoms with Crippen LogP contribution in [-0.2, 0) is 0 Å². The fraction of sp³-hybridized carbons (Fsp3) is 0.667. The largest absolute Gasteiger partial charge is 0.348 e. The Bertz CT molecular complexity index is 260. The highest BCUT2D eigenvalue weighted by Crippen LogP contribution is 2.25. The van der Waals surface area contributed by atoms with Gasteiger partial charge in [0, 0.05) is 18.3 Å². The number of hydrogen-bond donors (Lipinski definition) is 1. The van der Waals surface area contributed by atoms with Crippen LogP contribution < -0.4 is 0 Å². The summed E-state index contributed by atoms with van der Waals surface area (Å²) in [4.78, 5) is 10.1. The molecular formula is C12H20N3-. The summed E-state index contributed by atoms with van der Waals surface area (Å²) >= 11 is 0. The Labute approximate surface area is 91.9 Å². The van der Waals surface area contributed by atoms with E-state index in [1.54, 1.807) is 0 Å². The number of nitrogens with zero attached hydrogens (tertiary/aromatic N) is 2. The SMILES string of the molecule is [CH2-]CCCN1CCC(c2ncc[nH]2)CC1. The number of aromatic nitrogens is 2. The maximum absolute atomic E-state index is 4.34. The molecule has 0 atom stereocenters. The zero-order chi connectivity index (χ0) is 10.5. The van der Waals surface area contributed by atoms with Crippen LogP contribution in [0.2, 0.25) is 0 Å². The van der Waals surface area contributed by atoms with E-state index >= 15 is 0 Å². The van der Waals surface area contributed by atoms with E-state index in [-0.39, 0.29) is 0 Å². The Morgan fingerprint density at radius 3 is 2.87 bits per heavy atom. The van der Waals surface area contributed by atoms with Crippen molar-refractivity contribution in [3.63, 3.8) is 0 Å². The molecule has 1 aliphatic rings. The summed E-state index contributed by atoms with van der Waals surface area (Å²) < 4.78 is 0. The fourth-order valence-corrected chi connectivity index (χ4v) is 2.27. The molecule has 0 spiro atoms. The highest BCUT2D eigenvalue weighted by molar-refractivity contribution is 4.98. The first-order valence-electron chi connectivity index (χ1n) is 5.91. The predicted octanol–water partition coefficient (Wildman–Crippen LogP) is 2.20. The number of aromatic amines is 1. The maximum Gasteiger partial charge on any atom is 0.109 e. The maximum atomic E-state index is 4.34. The van der Waals surface area contributed by atoms with Crippen molar-refractivity contribution in [2.45, 2.75) is 31.6 Å². The summed E-state index contributed by atoms with van der Waals surface area (Å²) in [6.45, 7) is 7.53. The normalized spacial score (nSPS) is 19.5. The van der Waals surface area contributed by atoms with Crippen molar-refractivity contribution < 1.29 is 0 Å². The van der Waals surface area contributed by atoms with Crippen LogP contribution in [0.5, 0.6) is 0 Å². The quantitative estimate of drug-likeness (QED) is 0.766. The van der Waals surface area contributed by atoms with Crippen LogP contribution in [0.15, 0.2) is 12.4 Å². The smallest absolute Gasteiger partial charge is 0.109 e. The van der Waals surface area contributed by atoms with Crippen molar-refractivity contribution >= 4 is 0 Å². The van der Waals surface area contributed by atoms with Gasteiger partial charge in [-0.05, 0) is 32.5 Å². The third kappa shape index (κ3) is 2.81. The molecule has 1 N–H and O–H groups in total. The molecule has 1 aromatic heterocycles. The second-order valence-corrected chi connectivity index (χ2v) is 4.30. The van der Waals surface area contributed by atoms with E-state index in [0.717, 1.165) is 6.42 Å². The van der Waals surface area contributed by atoms with Gasteiger partial charge in [0.05, 0.1) is 0 Å². The number of nitrogens with one attached hydrogen (secondary N) is 1. The third-order valence-electron chi connectivity index (χ3n) is 3.22. The first kappa shape index (κ1) is 10.7. The van der Waals surface area contributed by atoms with E-state index < -0.39 is 0 Å². The van der Waals surface area contributed by atoms with Crippen LogP contribution in [0.25, 0.3) is 0 Å². The van der Waals surface area contributed by atoms with Crippen LogP contribution in [-0.4, -0.2) is 34.5 Å². The van der Waals surface area contributed by atoms with Crippen molar-refractivity contribution in [3.8, 4) is 0 Å². The average molecular weight is 206 g/mol. The van der Waals surface area contributed by atoms with Gasteiger partial charge in [-0.1, -0.05) is 6.42 Å². The van der Waals surface area contributed by atoms with Crippen LogP contribution >= 0.6 is 0 Å². The van der Waals surface area contributed by atoms with Crippen LogP contribution in [0.4, 0.5) is 0 Å². The van der Waals surface area contributed by atoms with E-state index in [1.807, 2.05) is 12.4 Å². The Kier molecular flexibility index (Phi) is 3.78. The van der Waals surface area contributed by atoms with E-state index in [0.29, 0.717) is 5.92 Å². The molecule has 84 valence electrons. The second kappa shape index (κ2) is 5.31. The van der Waals surface area contributed by atoms with Gasteiger partial charge < -0.3 is 16.8 Å². The Balaban J connectivity index is 1.77. The monoisotopic (exact) mass is 206 g/mol. The first-order chi connectivity index (χ1) is 7.40. The van der Waals surface area contributed by atoms with Gasteiger partial charge >= 0.3 is 0 Å². The van der Waals surface area contributed by atoms with Crippen LogP contribution in [0.1, 0.15) is 37.4 Å². The number of rotatable bonds is 4. The summed E-state index contributed by atoms with van der Waals surface area (Å²) in [7, 11) is 0. The molecule has 0 radical (unpaired) electrons. The Morgan fingerprint density at radius 2 is 2.27 bits per heavy atom. The molecule has 1 aromatic rings. The standard InChI is InChI=1S/C12H20N3/c1-2-3-8-15-9-4-11(5-10-15)12-13-6-7-14-12/h6-7,11H,1-5,8-10H2,(H,13,14)/q-1. The lowest BCUT2D eigenvalue weighted by molar-refractivity contribution is 0.208. The molecule has 0 aliphatic carbocycles. The van der Waals surface area contributed by atoms with Gasteiger partial charge in [0.15, 0.2) is 0 Å². The first-order valence-corrected chi connectivity index (χ1v) is 5.91. The lowest BCUT2D eigenvalue weighted by atomic mass is 9.96. The molecule has 3 heteroatoms. The van der Waals surface area contributed by atoms with Gasteiger partial charge in [0.25, 0.3) is 0 Å². The number of likely N-dealkylation sites (tertiary alicyclic amines) is 1. The zero-order valence-electron chi connectivity index (χ0n) is 9.28. The van der Waals surface area contributed by atoms with Gasteiger partial charge in [-0.25, -0.2) is 4.98 Å². The number of H-pyrrole nitrogens is 1. The van der Waals surface area contributed by atoms with E-state index in [4.69, 9.17) is 0 Å². The number of imidazole rings is 1. The highest BCUT2D eigenvalue weighted by atomic mass is 15.1. The molecule has 1 saturated heterocycles. The van der Waals surface area contributed by atoms with Crippen molar-refractivity contribution in [2.24, 2.45) is 0 Å². The minimum absolute atomic E-state index is 0.649. The van der Waals surface area contributed by atoms with Crippen LogP contribution in [0.3, 0.4) is 0 Å². The lowest BCUT2D eigenvalue weighted by Gasteiger charge is -2.31. The molecule has 0 bridgehead atoms. The van der Waals surface area contributed by atoms with Crippen molar-refractivity contribution in [3.05, 3.63) is 25.1 Å². The average Bonchev–Trinajstić information content (AvgIpc) is 2.80. The van der Waals surface area contributed by atoms with Crippen molar-refractivity contribution in [1.82, 2.24) is 14.9 Å². The highest BCUT2D eigenvalue weighted by Gasteiger charge is 2.21. The van der Waals surface area contributed by atoms with Gasteiger partial charge in [-0.3, -0.25) is 0 Å². The van der Waals surface area contributed by atoms with Gasteiger partial charge in [-0.2, -0.15) is 6.42 Å². The second-order valence-electron chi connectivity index (χ2n) is 4.30.